The van der Waals surface area contributed by atoms with Gasteiger partial charge in [0.25, 0.3) is 0 Å². The van der Waals surface area contributed by atoms with Crippen molar-refractivity contribution in [3.05, 3.63) is 41.2 Å². The van der Waals surface area contributed by atoms with Gasteiger partial charge in [-0.1, -0.05) is 17.3 Å². The van der Waals surface area contributed by atoms with Crippen molar-refractivity contribution in [3.63, 3.8) is 0 Å². The molecule has 1 aromatic heterocycles. The summed E-state index contributed by atoms with van der Waals surface area (Å²) in [6.45, 7) is 4.91. The number of hydrogen-bond acceptors (Lipinski definition) is 3. The zero-order valence-corrected chi connectivity index (χ0v) is 11.1. The van der Waals surface area contributed by atoms with E-state index < -0.39 is 0 Å². The van der Waals surface area contributed by atoms with Gasteiger partial charge >= 0.3 is 0 Å². The summed E-state index contributed by atoms with van der Waals surface area (Å²) in [5.41, 5.74) is 10.1. The Morgan fingerprint density at radius 2 is 2.06 bits per heavy atom. The van der Waals surface area contributed by atoms with Gasteiger partial charge in [0.05, 0.1) is 17.6 Å². The summed E-state index contributed by atoms with van der Waals surface area (Å²) in [4.78, 5) is 0. The summed E-state index contributed by atoms with van der Waals surface area (Å²) in [7, 11) is 0. The predicted octanol–water partition coefficient (Wildman–Crippen LogP) is 2.17. The number of aromatic nitrogens is 3. The number of nitrogens with two attached hydrogens (primary N) is 1. The maximum Gasteiger partial charge on any atom is 0.0831 e. The normalized spacial score (nSPS) is 10.8. The zero-order valence-electron chi connectivity index (χ0n) is 11.1. The average Bonchev–Trinajstić information content (AvgIpc) is 2.81. The summed E-state index contributed by atoms with van der Waals surface area (Å²) in [5.74, 6) is 0. The number of nitrogens with zero attached hydrogens (tertiary/aromatic N) is 3. The summed E-state index contributed by atoms with van der Waals surface area (Å²) in [6.07, 6.45) is 5.07. The van der Waals surface area contributed by atoms with Gasteiger partial charge < -0.3 is 5.73 Å². The molecule has 0 radical (unpaired) electrons. The minimum Gasteiger partial charge on any atom is -0.330 e. The van der Waals surface area contributed by atoms with Gasteiger partial charge in [-0.15, -0.1) is 5.10 Å². The molecule has 0 atom stereocenters. The summed E-state index contributed by atoms with van der Waals surface area (Å²) < 4.78 is 1.86. The van der Waals surface area contributed by atoms with Crippen LogP contribution in [-0.4, -0.2) is 21.5 Å². The van der Waals surface area contributed by atoms with Crippen molar-refractivity contribution < 1.29 is 0 Å². The first-order chi connectivity index (χ1) is 8.70. The molecule has 1 heterocycles. The van der Waals surface area contributed by atoms with E-state index in [9.17, 15) is 0 Å². The molecule has 2 rings (SSSR count). The van der Waals surface area contributed by atoms with Crippen LogP contribution in [0, 0.1) is 13.8 Å². The van der Waals surface area contributed by atoms with Crippen molar-refractivity contribution in [2.75, 3.05) is 6.54 Å². The zero-order chi connectivity index (χ0) is 13.0. The lowest BCUT2D eigenvalue weighted by molar-refractivity contribution is 0.727. The second kappa shape index (κ2) is 5.78. The number of rotatable bonds is 5. The van der Waals surface area contributed by atoms with E-state index in [1.54, 1.807) is 0 Å². The highest BCUT2D eigenvalue weighted by Crippen LogP contribution is 2.15. The van der Waals surface area contributed by atoms with Gasteiger partial charge in [0.2, 0.25) is 0 Å². The molecule has 0 aliphatic heterocycles. The Balaban J connectivity index is 2.16. The van der Waals surface area contributed by atoms with Gasteiger partial charge in [-0.3, -0.25) is 0 Å². The molecular weight excluding hydrogens is 224 g/mol. The molecule has 0 aliphatic rings. The SMILES string of the molecule is Cc1ccc(C)c(-n2cc(CCCCN)nn2)c1. The lowest BCUT2D eigenvalue weighted by Gasteiger charge is -2.05. The van der Waals surface area contributed by atoms with Crippen LogP contribution in [0.2, 0.25) is 0 Å². The Morgan fingerprint density at radius 3 is 2.83 bits per heavy atom. The fourth-order valence-corrected chi connectivity index (χ4v) is 1.95. The summed E-state index contributed by atoms with van der Waals surface area (Å²) in [5, 5.41) is 8.41. The third-order valence-corrected chi connectivity index (χ3v) is 3.04. The van der Waals surface area contributed by atoms with Crippen LogP contribution in [0.1, 0.15) is 29.7 Å². The molecule has 4 heteroatoms. The van der Waals surface area contributed by atoms with Gasteiger partial charge in [0.1, 0.15) is 0 Å². The van der Waals surface area contributed by atoms with Crippen LogP contribution in [0.15, 0.2) is 24.4 Å². The third-order valence-electron chi connectivity index (χ3n) is 3.04. The minimum atomic E-state index is 0.741. The van der Waals surface area contributed by atoms with Crippen LogP contribution in [0.4, 0.5) is 0 Å². The second-order valence-corrected chi connectivity index (χ2v) is 4.69. The highest BCUT2D eigenvalue weighted by Gasteiger charge is 2.05. The minimum absolute atomic E-state index is 0.741. The third kappa shape index (κ3) is 2.96. The number of hydrogen-bond donors (Lipinski definition) is 1. The Morgan fingerprint density at radius 1 is 1.22 bits per heavy atom. The molecule has 0 saturated carbocycles. The van der Waals surface area contributed by atoms with Crippen LogP contribution in [0.25, 0.3) is 5.69 Å². The Bertz CT molecular complexity index is 516. The van der Waals surface area contributed by atoms with Gasteiger partial charge in [-0.25, -0.2) is 4.68 Å². The molecule has 0 saturated heterocycles. The van der Waals surface area contributed by atoms with E-state index in [1.165, 1.54) is 11.1 Å². The molecule has 4 nitrogen and oxygen atoms in total. The van der Waals surface area contributed by atoms with Crippen LogP contribution in [0.3, 0.4) is 0 Å². The molecule has 96 valence electrons. The van der Waals surface area contributed by atoms with E-state index >= 15 is 0 Å². The largest absolute Gasteiger partial charge is 0.330 e. The van der Waals surface area contributed by atoms with E-state index in [4.69, 9.17) is 5.73 Å². The Labute approximate surface area is 108 Å². The molecule has 0 fully saturated rings. The van der Waals surface area contributed by atoms with Crippen LogP contribution in [-0.2, 0) is 6.42 Å². The molecule has 1 aromatic carbocycles. The molecule has 0 amide bonds. The first-order valence-electron chi connectivity index (χ1n) is 6.39. The number of benzene rings is 1. The van der Waals surface area contributed by atoms with E-state index in [2.05, 4.69) is 42.4 Å². The number of aryl methyl sites for hydroxylation is 3. The average molecular weight is 244 g/mol. The molecule has 0 aliphatic carbocycles. The molecule has 2 N–H and O–H groups in total. The first-order valence-corrected chi connectivity index (χ1v) is 6.39. The molecular formula is C14H20N4. The first kappa shape index (κ1) is 12.8. The molecule has 0 bridgehead atoms. The van der Waals surface area contributed by atoms with Crippen LogP contribution < -0.4 is 5.73 Å². The van der Waals surface area contributed by atoms with Crippen molar-refractivity contribution in [1.29, 1.82) is 0 Å². The fraction of sp³-hybridized carbons (Fsp3) is 0.429. The topological polar surface area (TPSA) is 56.7 Å². The van der Waals surface area contributed by atoms with Gasteiger partial charge in [-0.2, -0.15) is 0 Å². The van der Waals surface area contributed by atoms with Gasteiger partial charge in [0, 0.05) is 0 Å². The molecule has 18 heavy (non-hydrogen) atoms. The van der Waals surface area contributed by atoms with Crippen LogP contribution >= 0.6 is 0 Å². The van der Waals surface area contributed by atoms with Gasteiger partial charge in [-0.05, 0) is 56.8 Å². The number of unbranched alkanes of at least 4 members (excludes halogenated alkanes) is 1. The maximum absolute atomic E-state index is 5.48. The highest BCUT2D eigenvalue weighted by molar-refractivity contribution is 5.42. The van der Waals surface area contributed by atoms with Gasteiger partial charge in [0.15, 0.2) is 0 Å². The Kier molecular flexibility index (Phi) is 4.10. The van der Waals surface area contributed by atoms with Crippen molar-refractivity contribution in [2.45, 2.75) is 33.1 Å². The lowest BCUT2D eigenvalue weighted by Crippen LogP contribution is -1.99. The molecule has 2 aromatic rings. The summed E-state index contributed by atoms with van der Waals surface area (Å²) in [6, 6.07) is 6.35. The molecule has 0 unspecified atom stereocenters. The second-order valence-electron chi connectivity index (χ2n) is 4.69. The van der Waals surface area contributed by atoms with E-state index in [0.29, 0.717) is 0 Å². The monoisotopic (exact) mass is 244 g/mol. The fourth-order valence-electron chi connectivity index (χ4n) is 1.95. The standard InChI is InChI=1S/C14H20N4/c1-11-6-7-12(2)14(9-11)18-10-13(16-17-18)5-3-4-8-15/h6-7,9-10H,3-5,8,15H2,1-2H3. The van der Waals surface area contributed by atoms with E-state index in [-0.39, 0.29) is 0 Å². The quantitative estimate of drug-likeness (QED) is 0.820. The lowest BCUT2D eigenvalue weighted by atomic mass is 10.1. The van der Waals surface area contributed by atoms with E-state index in [1.807, 2.05) is 10.9 Å². The Hall–Kier alpha value is -1.68. The maximum atomic E-state index is 5.48. The van der Waals surface area contributed by atoms with Crippen molar-refractivity contribution in [1.82, 2.24) is 15.0 Å². The van der Waals surface area contributed by atoms with Crippen molar-refractivity contribution >= 4 is 0 Å². The van der Waals surface area contributed by atoms with Crippen molar-refractivity contribution in [2.24, 2.45) is 5.73 Å². The summed E-state index contributed by atoms with van der Waals surface area (Å²) >= 11 is 0. The van der Waals surface area contributed by atoms with Crippen molar-refractivity contribution in [3.8, 4) is 5.69 Å². The van der Waals surface area contributed by atoms with E-state index in [0.717, 1.165) is 37.2 Å². The van der Waals surface area contributed by atoms with Crippen LogP contribution in [0.5, 0.6) is 0 Å². The molecule has 0 spiro atoms. The smallest absolute Gasteiger partial charge is 0.0831 e. The highest BCUT2D eigenvalue weighted by atomic mass is 15.4. The predicted molar refractivity (Wildman–Crippen MR) is 72.8 cm³/mol.